The molecule has 0 radical (unpaired) electrons. The molecule has 11 aromatic carbocycles. The first-order valence-electron chi connectivity index (χ1n) is 21.2. The van der Waals surface area contributed by atoms with Gasteiger partial charge in [0.1, 0.15) is 0 Å². The monoisotopic (exact) mass is 791 g/mol. The summed E-state index contributed by atoms with van der Waals surface area (Å²) in [6, 6.07) is 81.2. The van der Waals surface area contributed by atoms with Gasteiger partial charge in [-0.15, -0.1) is 0 Å². The number of hydrogen-bond acceptors (Lipinski definition) is 4. The van der Waals surface area contributed by atoms with Crippen molar-refractivity contribution in [2.75, 3.05) is 14.7 Å². The summed E-state index contributed by atoms with van der Waals surface area (Å²) in [6.45, 7) is 0. The first-order valence-corrected chi connectivity index (χ1v) is 21.2. The number of benzene rings is 11. The molecule has 0 amide bonds. The summed E-state index contributed by atoms with van der Waals surface area (Å²) in [5, 5.41) is 9.56. The summed E-state index contributed by atoms with van der Waals surface area (Å²) in [5.74, 6) is 1.57. The van der Waals surface area contributed by atoms with Crippen LogP contribution in [0.2, 0.25) is 0 Å². The fourth-order valence-corrected chi connectivity index (χ4v) is 9.92. The zero-order chi connectivity index (χ0) is 40.7. The lowest BCUT2D eigenvalue weighted by Crippen LogP contribution is -2.22. The minimum atomic E-state index is 0.785. The Balaban J connectivity index is 1.13. The Morgan fingerprint density at radius 3 is 1.48 bits per heavy atom. The van der Waals surface area contributed by atoms with Crippen LogP contribution in [-0.4, -0.2) is 0 Å². The molecule has 2 aliphatic heterocycles. The highest BCUT2D eigenvalue weighted by molar-refractivity contribution is 6.16. The third kappa shape index (κ3) is 5.20. The Hall–Kier alpha value is -8.34. The average Bonchev–Trinajstić information content (AvgIpc) is 3.34. The maximum atomic E-state index is 7.49. The molecule has 4 heteroatoms. The minimum absolute atomic E-state index is 0.785. The zero-order valence-electron chi connectivity index (χ0n) is 33.6. The minimum Gasteiger partial charge on any atom is -0.448 e. The molecule has 0 aromatic heterocycles. The maximum Gasteiger partial charge on any atom is 0.175 e. The number of para-hydroxylation sites is 3. The van der Waals surface area contributed by atoms with E-state index in [9.17, 15) is 0 Å². The first-order chi connectivity index (χ1) is 30.8. The molecule has 2 heterocycles. The van der Waals surface area contributed by atoms with Crippen LogP contribution >= 0.6 is 0 Å². The summed E-state index contributed by atoms with van der Waals surface area (Å²) in [5.41, 5.74) is 11.5. The molecule has 0 N–H and O–H groups in total. The van der Waals surface area contributed by atoms with Gasteiger partial charge in [-0.2, -0.15) is 0 Å². The van der Waals surface area contributed by atoms with Gasteiger partial charge in [-0.3, -0.25) is 0 Å². The van der Waals surface area contributed by atoms with E-state index in [4.69, 9.17) is 4.74 Å². The van der Waals surface area contributed by atoms with Crippen molar-refractivity contribution in [1.29, 1.82) is 0 Å². The van der Waals surface area contributed by atoms with Gasteiger partial charge in [0.15, 0.2) is 11.5 Å². The molecule has 4 bridgehead atoms. The van der Waals surface area contributed by atoms with Crippen LogP contribution in [0.3, 0.4) is 0 Å². The van der Waals surface area contributed by atoms with Crippen LogP contribution in [0.5, 0.6) is 11.5 Å². The molecule has 0 saturated carbocycles. The van der Waals surface area contributed by atoms with Gasteiger partial charge >= 0.3 is 0 Å². The summed E-state index contributed by atoms with van der Waals surface area (Å²) in [6.07, 6.45) is 0. The second kappa shape index (κ2) is 13.6. The lowest BCUT2D eigenvalue weighted by molar-refractivity contribution is 0.479. The number of anilines is 9. The van der Waals surface area contributed by atoms with Crippen LogP contribution in [0.15, 0.2) is 224 Å². The summed E-state index contributed by atoms with van der Waals surface area (Å²) in [7, 11) is 0. The number of nitrogens with zero attached hydrogens (tertiary/aromatic N) is 3. The topological polar surface area (TPSA) is 19.0 Å². The van der Waals surface area contributed by atoms with Crippen LogP contribution < -0.4 is 19.4 Å². The smallest absolute Gasteiger partial charge is 0.175 e. The Morgan fingerprint density at radius 1 is 0.258 bits per heavy atom. The number of fused-ring (bicyclic) bond motifs is 8. The number of rotatable bonds is 4. The van der Waals surface area contributed by atoms with Crippen molar-refractivity contribution in [3.63, 3.8) is 0 Å². The zero-order valence-corrected chi connectivity index (χ0v) is 33.6. The highest BCUT2D eigenvalue weighted by atomic mass is 16.5. The van der Waals surface area contributed by atoms with Crippen LogP contribution in [0.1, 0.15) is 0 Å². The lowest BCUT2D eigenvalue weighted by atomic mass is 9.97. The largest absolute Gasteiger partial charge is 0.448 e. The Kier molecular flexibility index (Phi) is 7.57. The normalized spacial score (nSPS) is 12.9. The van der Waals surface area contributed by atoms with Gasteiger partial charge in [-0.25, -0.2) is 0 Å². The Bertz CT molecular complexity index is 3580. The average molecular weight is 792 g/mol. The molecular formula is C58H37N3O. The highest BCUT2D eigenvalue weighted by Gasteiger charge is 2.36. The Morgan fingerprint density at radius 2 is 0.758 bits per heavy atom. The molecule has 0 atom stereocenters. The molecule has 62 heavy (non-hydrogen) atoms. The summed E-state index contributed by atoms with van der Waals surface area (Å²) >= 11 is 0. The number of ether oxygens (including phenoxy) is 1. The van der Waals surface area contributed by atoms with E-state index in [1.165, 1.54) is 43.4 Å². The van der Waals surface area contributed by atoms with Crippen molar-refractivity contribution in [1.82, 2.24) is 0 Å². The van der Waals surface area contributed by atoms with Gasteiger partial charge in [0.05, 0.1) is 34.1 Å². The predicted molar refractivity (Wildman–Crippen MR) is 260 cm³/mol. The van der Waals surface area contributed by atoms with Crippen molar-refractivity contribution in [3.05, 3.63) is 224 Å². The third-order valence-electron chi connectivity index (χ3n) is 12.7. The molecule has 0 fully saturated rings. The van der Waals surface area contributed by atoms with E-state index in [0.717, 1.165) is 73.5 Å². The SMILES string of the molecule is c1ccc(N2c3cccc4c3Oc3c(cccc3N4c3cc4ccccc4c4ccccc34)N(c3ccc(-c4cccc5ccccc45)cc3)c3cc2c2ccccc2c3)cc1. The summed E-state index contributed by atoms with van der Waals surface area (Å²) < 4.78 is 7.49. The van der Waals surface area contributed by atoms with E-state index in [1.807, 2.05) is 0 Å². The van der Waals surface area contributed by atoms with E-state index >= 15 is 0 Å². The Labute approximate surface area is 359 Å². The van der Waals surface area contributed by atoms with Gasteiger partial charge in [0.25, 0.3) is 0 Å². The molecule has 290 valence electrons. The van der Waals surface area contributed by atoms with E-state index in [0.29, 0.717) is 0 Å². The molecule has 2 aliphatic rings. The molecule has 13 rings (SSSR count). The molecule has 0 aliphatic carbocycles. The molecule has 4 nitrogen and oxygen atoms in total. The van der Waals surface area contributed by atoms with Crippen molar-refractivity contribution in [3.8, 4) is 22.6 Å². The quantitative estimate of drug-likeness (QED) is 0.165. The van der Waals surface area contributed by atoms with Gasteiger partial charge in [0, 0.05) is 27.8 Å². The number of hydrogen-bond donors (Lipinski definition) is 0. The molecular weight excluding hydrogens is 755 g/mol. The van der Waals surface area contributed by atoms with Gasteiger partial charge in [0.2, 0.25) is 0 Å². The fourth-order valence-electron chi connectivity index (χ4n) is 9.92. The van der Waals surface area contributed by atoms with Crippen LogP contribution in [-0.2, 0) is 0 Å². The summed E-state index contributed by atoms with van der Waals surface area (Å²) in [4.78, 5) is 7.18. The van der Waals surface area contributed by atoms with Crippen LogP contribution in [0, 0.1) is 0 Å². The van der Waals surface area contributed by atoms with Gasteiger partial charge in [-0.05, 0) is 110 Å². The lowest BCUT2D eigenvalue weighted by Gasteiger charge is -2.40. The second-order valence-electron chi connectivity index (χ2n) is 16.1. The predicted octanol–water partition coefficient (Wildman–Crippen LogP) is 16.8. The first kappa shape index (κ1) is 34.5. The second-order valence-corrected chi connectivity index (χ2v) is 16.1. The van der Waals surface area contributed by atoms with Crippen molar-refractivity contribution in [2.45, 2.75) is 0 Å². The van der Waals surface area contributed by atoms with Gasteiger partial charge < -0.3 is 19.4 Å². The fraction of sp³-hybridized carbons (Fsp3) is 0. The standard InChI is InChI=1S/C58H37N3O/c1-2-19-42(20-3-1)60-52-28-14-30-54-58(52)62-57-51(27-13-29-53(57)61(54)55-36-41-17-5-8-22-47(41)49-24-10-11-25-50(49)55)59(44-35-40-16-6-9-23-48(40)56(60)37-44)43-33-31-39(32-34-43)46-26-12-18-38-15-4-7-21-45(38)46/h1-37H. The molecule has 11 aromatic rings. The van der Waals surface area contributed by atoms with Crippen molar-refractivity contribution < 1.29 is 4.74 Å². The van der Waals surface area contributed by atoms with Crippen LogP contribution in [0.25, 0.3) is 54.2 Å². The maximum absolute atomic E-state index is 7.49. The van der Waals surface area contributed by atoms with E-state index in [1.54, 1.807) is 0 Å². The van der Waals surface area contributed by atoms with Crippen molar-refractivity contribution in [2.24, 2.45) is 0 Å². The molecule has 0 spiro atoms. The third-order valence-corrected chi connectivity index (χ3v) is 12.7. The molecule has 0 unspecified atom stereocenters. The van der Waals surface area contributed by atoms with E-state index in [-0.39, 0.29) is 0 Å². The van der Waals surface area contributed by atoms with Crippen molar-refractivity contribution >= 4 is 94.3 Å². The highest BCUT2D eigenvalue weighted by Crippen LogP contribution is 2.61. The van der Waals surface area contributed by atoms with E-state index < -0.39 is 0 Å². The van der Waals surface area contributed by atoms with Crippen LogP contribution in [0.4, 0.5) is 51.2 Å². The van der Waals surface area contributed by atoms with E-state index in [2.05, 4.69) is 239 Å². The molecule has 0 saturated heterocycles. The van der Waals surface area contributed by atoms with Gasteiger partial charge in [-0.1, -0.05) is 158 Å².